The van der Waals surface area contributed by atoms with Gasteiger partial charge >= 0.3 is 12.2 Å². The molecule has 4 saturated heterocycles. The van der Waals surface area contributed by atoms with Crippen LogP contribution in [0.2, 0.25) is 0 Å². The number of rotatable bonds is 17. The smallest absolute Gasteiger partial charge is 0.410 e. The van der Waals surface area contributed by atoms with Gasteiger partial charge in [-0.05, 0) is 164 Å². The van der Waals surface area contributed by atoms with Crippen LogP contribution in [0.15, 0.2) is 95.3 Å². The van der Waals surface area contributed by atoms with Gasteiger partial charge in [0, 0.05) is 120 Å². The Balaban J connectivity index is 0.000000199. The second-order valence-corrected chi connectivity index (χ2v) is 26.1. The average Bonchev–Trinajstić information content (AvgIpc) is 1.21. The first-order chi connectivity index (χ1) is 43.6. The van der Waals surface area contributed by atoms with Crippen molar-refractivity contribution in [1.29, 1.82) is 0 Å². The summed E-state index contributed by atoms with van der Waals surface area (Å²) in [6.07, 6.45) is 15.9. The Hall–Kier alpha value is -7.65. The van der Waals surface area contributed by atoms with Crippen molar-refractivity contribution in [2.24, 2.45) is 11.8 Å². The van der Waals surface area contributed by atoms with Gasteiger partial charge in [-0.3, -0.25) is 24.5 Å². The lowest BCUT2D eigenvalue weighted by atomic mass is 9.95. The number of halogens is 2. The van der Waals surface area contributed by atoms with Gasteiger partial charge in [-0.1, -0.05) is 38.8 Å². The number of ether oxygens (including phenoxy) is 6. The fraction of sp³-hybridized carbons (Fsp3) is 0.557. The van der Waals surface area contributed by atoms with Crippen molar-refractivity contribution < 1.29 is 51.6 Å². The lowest BCUT2D eigenvalue weighted by molar-refractivity contribution is -0.112. The average molecular weight is 1260 g/mol. The predicted molar refractivity (Wildman–Crippen MR) is 350 cm³/mol. The maximum atomic E-state index is 15.5. The van der Waals surface area contributed by atoms with Crippen LogP contribution in [0.5, 0.6) is 23.0 Å². The highest BCUT2D eigenvalue weighted by molar-refractivity contribution is 5.96. The molecule has 494 valence electrons. The molecule has 0 bridgehead atoms. The summed E-state index contributed by atoms with van der Waals surface area (Å²) in [6, 6.07) is 15.0. The molecule has 0 aliphatic carbocycles. The molecule has 0 radical (unpaired) electrons. The van der Waals surface area contributed by atoms with Crippen molar-refractivity contribution in [3.05, 3.63) is 106 Å². The highest BCUT2D eigenvalue weighted by Crippen LogP contribution is 2.39. The highest BCUT2D eigenvalue weighted by atomic mass is 19.1. The fourth-order valence-electron chi connectivity index (χ4n) is 11.8. The second kappa shape index (κ2) is 32.1. The number of hydrogen-bond donors (Lipinski definition) is 1. The van der Waals surface area contributed by atoms with Crippen LogP contribution in [-0.2, 0) is 27.4 Å². The number of pyridine rings is 4. The van der Waals surface area contributed by atoms with Crippen molar-refractivity contribution in [1.82, 2.24) is 39.1 Å². The van der Waals surface area contributed by atoms with E-state index in [0.29, 0.717) is 105 Å². The number of carbonyl (C=O) groups excluding carboxylic acids is 3. The summed E-state index contributed by atoms with van der Waals surface area (Å²) in [6.45, 7) is 22.1. The van der Waals surface area contributed by atoms with Gasteiger partial charge in [-0.25, -0.2) is 18.4 Å². The first kappa shape index (κ1) is 69.2. The van der Waals surface area contributed by atoms with E-state index >= 15 is 4.39 Å². The zero-order valence-electron chi connectivity index (χ0n) is 54.9. The number of aldehydes is 1. The Bertz CT molecular complexity index is 3520. The number of aryl methyl sites for hydroxylation is 2. The number of methoxy groups -OCH3 is 2. The van der Waals surface area contributed by atoms with Gasteiger partial charge in [0.25, 0.3) is 11.1 Å². The molecule has 21 heteroatoms. The number of alkyl halides is 2. The molecule has 91 heavy (non-hydrogen) atoms. The van der Waals surface area contributed by atoms with E-state index < -0.39 is 35.8 Å². The highest BCUT2D eigenvalue weighted by Gasteiger charge is 2.35. The molecule has 2 aromatic carbocycles. The summed E-state index contributed by atoms with van der Waals surface area (Å²) in [5.74, 6) is 2.62. The number of nitrogens with zero attached hydrogens (tertiary/aromatic N) is 7. The molecular weight excluding hydrogens is 1170 g/mol. The maximum Gasteiger partial charge on any atom is 0.410 e. The number of unbranched alkanes of at least 4 members (excludes halogenated alkanes) is 2. The number of carbonyl (C=O) groups is 3. The molecule has 0 spiro atoms. The number of amides is 2. The molecule has 4 fully saturated rings. The SMILES string of the molecule is CC(C)(C)OC(=O)N1CCC(C=O)CC1.CCCCn1cc(-c2ccc(O[C@H]3CCN(CC4CCN(C(=O)OC(C)(C)C)CC4)C[C@@H]3F)c(OC)c2)c2ccncc2c1=O.CCCCn1cc(-c2ccc(O[C@H]3CCNC[C@@H]3F)c(OC)c2)c2ccncc2c1=O. The second-order valence-electron chi connectivity index (χ2n) is 26.1. The quantitative estimate of drug-likeness (QED) is 0.0846. The molecular formula is C70H94F2N8O11. The summed E-state index contributed by atoms with van der Waals surface area (Å²) < 4.78 is 67.4. The van der Waals surface area contributed by atoms with E-state index in [1.54, 1.807) is 57.9 Å². The van der Waals surface area contributed by atoms with Crippen molar-refractivity contribution in [3.63, 3.8) is 0 Å². The molecule has 10 rings (SSSR count). The summed E-state index contributed by atoms with van der Waals surface area (Å²) >= 11 is 0. The van der Waals surface area contributed by atoms with Crippen LogP contribution < -0.4 is 35.4 Å². The third kappa shape index (κ3) is 18.8. The summed E-state index contributed by atoms with van der Waals surface area (Å²) in [4.78, 5) is 74.5. The minimum absolute atomic E-state index is 0.0351. The van der Waals surface area contributed by atoms with Crippen LogP contribution in [0.3, 0.4) is 0 Å². The number of piperidine rings is 4. The van der Waals surface area contributed by atoms with Crippen LogP contribution in [0, 0.1) is 11.8 Å². The Morgan fingerprint density at radius 3 is 1.52 bits per heavy atom. The van der Waals surface area contributed by atoms with Crippen LogP contribution >= 0.6 is 0 Å². The van der Waals surface area contributed by atoms with Crippen molar-refractivity contribution in [2.45, 2.75) is 168 Å². The minimum Gasteiger partial charge on any atom is -0.493 e. The molecule has 0 saturated carbocycles. The van der Waals surface area contributed by atoms with Crippen LogP contribution in [-0.4, -0.2) is 161 Å². The van der Waals surface area contributed by atoms with Crippen LogP contribution in [0.4, 0.5) is 18.4 Å². The first-order valence-electron chi connectivity index (χ1n) is 32.4. The van der Waals surface area contributed by atoms with Gasteiger partial charge < -0.3 is 57.5 Å². The Kier molecular flexibility index (Phi) is 24.4. The molecule has 4 aromatic heterocycles. The Labute approximate surface area is 533 Å². The monoisotopic (exact) mass is 1260 g/mol. The summed E-state index contributed by atoms with van der Waals surface area (Å²) in [7, 11) is 3.16. The predicted octanol–water partition coefficient (Wildman–Crippen LogP) is 12.1. The molecule has 1 N–H and O–H groups in total. The van der Waals surface area contributed by atoms with E-state index in [2.05, 4.69) is 34.0 Å². The van der Waals surface area contributed by atoms with Crippen molar-refractivity contribution in [3.8, 4) is 45.3 Å². The van der Waals surface area contributed by atoms with Gasteiger partial charge in [-0.15, -0.1) is 0 Å². The number of likely N-dealkylation sites (tertiary alicyclic amines) is 3. The summed E-state index contributed by atoms with van der Waals surface area (Å²) in [5, 5.41) is 5.86. The molecule has 19 nitrogen and oxygen atoms in total. The number of hydrogen-bond acceptors (Lipinski definition) is 15. The van der Waals surface area contributed by atoms with Gasteiger partial charge in [-0.2, -0.15) is 0 Å². The van der Waals surface area contributed by atoms with Crippen LogP contribution in [0.1, 0.15) is 120 Å². The molecule has 4 aliphatic heterocycles. The maximum absolute atomic E-state index is 15.5. The number of aromatic nitrogens is 4. The van der Waals surface area contributed by atoms with Crippen molar-refractivity contribution in [2.75, 3.05) is 73.1 Å². The zero-order chi connectivity index (χ0) is 65.4. The Morgan fingerprint density at radius 1 is 0.615 bits per heavy atom. The molecule has 0 unspecified atom stereocenters. The molecule has 6 aromatic rings. The molecule has 4 aliphatic rings. The topological polar surface area (TPSA) is 198 Å². The minimum atomic E-state index is -1.14. The lowest BCUT2D eigenvalue weighted by Gasteiger charge is -2.39. The number of nitrogens with one attached hydrogen (secondary N) is 1. The van der Waals surface area contributed by atoms with Crippen molar-refractivity contribution >= 4 is 40.0 Å². The van der Waals surface area contributed by atoms with E-state index in [4.69, 9.17) is 28.4 Å². The number of benzene rings is 2. The van der Waals surface area contributed by atoms with E-state index in [-0.39, 0.29) is 29.2 Å². The molecule has 2 amide bonds. The van der Waals surface area contributed by atoms with E-state index in [1.807, 2.05) is 102 Å². The fourth-order valence-corrected chi connectivity index (χ4v) is 11.8. The summed E-state index contributed by atoms with van der Waals surface area (Å²) in [5.41, 5.74) is 2.57. The third-order valence-electron chi connectivity index (χ3n) is 16.9. The van der Waals surface area contributed by atoms with E-state index in [0.717, 1.165) is 110 Å². The lowest BCUT2D eigenvalue weighted by Crippen LogP contribution is -2.49. The van der Waals surface area contributed by atoms with Gasteiger partial charge in [0.05, 0.1) is 25.0 Å². The Morgan fingerprint density at radius 2 is 1.09 bits per heavy atom. The normalized spacial score (nSPS) is 19.3. The van der Waals surface area contributed by atoms with E-state index in [1.165, 1.54) is 0 Å². The van der Waals surface area contributed by atoms with E-state index in [9.17, 15) is 28.4 Å². The third-order valence-corrected chi connectivity index (χ3v) is 16.9. The molecule has 8 heterocycles. The number of fused-ring (bicyclic) bond motifs is 2. The van der Waals surface area contributed by atoms with Crippen LogP contribution in [0.25, 0.3) is 43.8 Å². The largest absolute Gasteiger partial charge is 0.493 e. The van der Waals surface area contributed by atoms with Gasteiger partial charge in [0.1, 0.15) is 42.0 Å². The first-order valence-corrected chi connectivity index (χ1v) is 32.4. The van der Waals surface area contributed by atoms with Gasteiger partial charge in [0.2, 0.25) is 0 Å². The zero-order valence-corrected chi connectivity index (χ0v) is 54.9. The van der Waals surface area contributed by atoms with Gasteiger partial charge in [0.15, 0.2) is 23.0 Å². The standard InChI is InChI=1S/C35H47FN4O5.C24H28FN3O3.C11H19NO3/c1-6-7-15-40-22-28(26-10-14-37-20-27(26)33(40)41)25-8-9-31(32(19-25)43-5)44-30-13-16-38(23-29(30)36)21-24-11-17-39(18-12-24)34(42)45-35(2,3)4;1-3-4-11-28-15-19(17-7-9-26-13-18(17)24(28)29)16-5-6-22(23(12-16)30-2)31-21-8-10-27-14-20(21)25;1-11(2,3)15-10(14)12-6-4-9(8-13)5-7-12/h8-10,14,19-20,22,24,29-30H,6-7,11-13,15-18,21,23H2,1-5H3;5-7,9,12-13,15,20-21,27H,3-4,8,10-11,14H2,1-2H3;8-9H,4-7H2,1-3H3/t29-,30-;20-,21-;/m00./s1. The molecule has 4 atom stereocenters.